The molecule has 2 aromatic carbocycles. The van der Waals surface area contributed by atoms with Gasteiger partial charge in [0, 0.05) is 12.5 Å². The van der Waals surface area contributed by atoms with Crippen molar-refractivity contribution in [2.75, 3.05) is 14.2 Å². The van der Waals surface area contributed by atoms with Crippen molar-refractivity contribution in [2.24, 2.45) is 0 Å². The van der Waals surface area contributed by atoms with Crippen LogP contribution in [0.3, 0.4) is 0 Å². The Labute approximate surface area is 171 Å². The van der Waals surface area contributed by atoms with Crippen LogP contribution in [0, 0.1) is 6.92 Å². The normalized spacial score (nSPS) is 12.6. The van der Waals surface area contributed by atoms with Crippen LogP contribution in [0.25, 0.3) is 0 Å². The summed E-state index contributed by atoms with van der Waals surface area (Å²) in [6, 6.07) is 8.70. The molecule has 0 saturated heterocycles. The van der Waals surface area contributed by atoms with Crippen molar-refractivity contribution in [1.29, 1.82) is 0 Å². The van der Waals surface area contributed by atoms with Crippen molar-refractivity contribution in [3.05, 3.63) is 59.7 Å². The lowest BCUT2D eigenvalue weighted by Gasteiger charge is -2.27. The Hall–Kier alpha value is -3.15. The topological polar surface area (TPSA) is 74.2 Å². The third-order valence-electron chi connectivity index (χ3n) is 4.46. The molecular formula is C23H28O6. The summed E-state index contributed by atoms with van der Waals surface area (Å²) in [5.74, 6) is 1.02. The van der Waals surface area contributed by atoms with Gasteiger partial charge in [0.15, 0.2) is 29.1 Å². The number of aromatic hydroxyl groups is 1. The number of ether oxygens (including phenoxy) is 4. The third kappa shape index (κ3) is 5.44. The number of allylic oxidation sites excluding steroid dienone is 1. The van der Waals surface area contributed by atoms with E-state index in [1.54, 1.807) is 19.2 Å². The molecule has 0 heterocycles. The predicted octanol–water partition coefficient (Wildman–Crippen LogP) is 4.52. The fourth-order valence-corrected chi connectivity index (χ4v) is 3.13. The minimum atomic E-state index is -0.709. The number of hydrogen-bond acceptors (Lipinski definition) is 6. The second-order valence-electron chi connectivity index (χ2n) is 6.72. The highest BCUT2D eigenvalue weighted by molar-refractivity contribution is 5.66. The van der Waals surface area contributed by atoms with Gasteiger partial charge in [-0.3, -0.25) is 4.79 Å². The molecule has 2 rings (SSSR count). The number of phenols is 1. The zero-order valence-electron chi connectivity index (χ0n) is 17.5. The van der Waals surface area contributed by atoms with Crippen LogP contribution in [0.4, 0.5) is 0 Å². The van der Waals surface area contributed by atoms with Gasteiger partial charge in [0.05, 0.1) is 14.2 Å². The summed E-state index contributed by atoms with van der Waals surface area (Å²) in [6.07, 6.45) is 1.30. The fourth-order valence-electron chi connectivity index (χ4n) is 3.13. The molecule has 0 bridgehead atoms. The van der Waals surface area contributed by atoms with Crippen molar-refractivity contribution >= 4 is 5.97 Å². The Bertz CT molecular complexity index is 874. The molecule has 0 aromatic heterocycles. The number of rotatable bonds is 9. The van der Waals surface area contributed by atoms with Gasteiger partial charge < -0.3 is 24.1 Å². The summed E-state index contributed by atoms with van der Waals surface area (Å²) in [4.78, 5) is 11.7. The van der Waals surface area contributed by atoms with E-state index in [9.17, 15) is 9.90 Å². The smallest absolute Gasteiger partial charge is 0.303 e. The van der Waals surface area contributed by atoms with E-state index < -0.39 is 18.2 Å². The molecule has 2 atom stereocenters. The number of carbonyl (C=O) groups excluding carboxylic acids is 1. The van der Waals surface area contributed by atoms with E-state index in [0.717, 1.165) is 17.5 Å². The van der Waals surface area contributed by atoms with Crippen molar-refractivity contribution < 1.29 is 28.8 Å². The third-order valence-corrected chi connectivity index (χ3v) is 4.46. The van der Waals surface area contributed by atoms with Crippen molar-refractivity contribution in [3.8, 4) is 23.0 Å². The second kappa shape index (κ2) is 9.87. The van der Waals surface area contributed by atoms with E-state index in [0.29, 0.717) is 17.1 Å². The van der Waals surface area contributed by atoms with Crippen LogP contribution in [0.2, 0.25) is 0 Å². The van der Waals surface area contributed by atoms with E-state index in [4.69, 9.17) is 18.9 Å². The van der Waals surface area contributed by atoms with Crippen LogP contribution in [-0.2, 0) is 16.0 Å². The lowest BCUT2D eigenvalue weighted by atomic mass is 10.0. The maximum absolute atomic E-state index is 11.7. The molecule has 29 heavy (non-hydrogen) atoms. The monoisotopic (exact) mass is 400 g/mol. The SMILES string of the molecule is C=CCc1cc(C)c(OC(C)C(OC(C)=O)c2ccc(O)c(OC)c2)c(OC)c1. The van der Waals surface area contributed by atoms with Gasteiger partial charge in [0.2, 0.25) is 0 Å². The average molecular weight is 400 g/mol. The Kier molecular flexibility index (Phi) is 7.53. The van der Waals surface area contributed by atoms with Gasteiger partial charge in [-0.15, -0.1) is 6.58 Å². The quantitative estimate of drug-likeness (QED) is 0.493. The molecule has 6 heteroatoms. The van der Waals surface area contributed by atoms with Crippen LogP contribution in [0.1, 0.15) is 36.6 Å². The summed E-state index contributed by atoms with van der Waals surface area (Å²) in [7, 11) is 3.04. The molecule has 0 radical (unpaired) electrons. The molecule has 0 saturated carbocycles. The Morgan fingerprint density at radius 1 is 1.17 bits per heavy atom. The first-order valence-electron chi connectivity index (χ1n) is 9.29. The summed E-state index contributed by atoms with van der Waals surface area (Å²) >= 11 is 0. The van der Waals surface area contributed by atoms with Gasteiger partial charge in [-0.05, 0) is 49.6 Å². The van der Waals surface area contributed by atoms with Crippen molar-refractivity contribution in [1.82, 2.24) is 0 Å². The maximum Gasteiger partial charge on any atom is 0.303 e. The van der Waals surface area contributed by atoms with Crippen molar-refractivity contribution in [2.45, 2.75) is 39.4 Å². The number of esters is 1. The first kappa shape index (κ1) is 22.1. The molecule has 0 fully saturated rings. The molecule has 0 aliphatic rings. The molecule has 0 amide bonds. The highest BCUT2D eigenvalue weighted by Crippen LogP contribution is 2.37. The summed E-state index contributed by atoms with van der Waals surface area (Å²) < 4.78 is 22.4. The van der Waals surface area contributed by atoms with Crippen LogP contribution < -0.4 is 14.2 Å². The van der Waals surface area contributed by atoms with Crippen LogP contribution in [0.5, 0.6) is 23.0 Å². The Morgan fingerprint density at radius 3 is 2.45 bits per heavy atom. The largest absolute Gasteiger partial charge is 0.504 e. The van der Waals surface area contributed by atoms with Gasteiger partial charge in [-0.1, -0.05) is 18.2 Å². The number of hydrogen-bond donors (Lipinski definition) is 1. The lowest BCUT2D eigenvalue weighted by molar-refractivity contribution is -0.151. The zero-order valence-corrected chi connectivity index (χ0v) is 17.5. The minimum absolute atomic E-state index is 0.00159. The van der Waals surface area contributed by atoms with E-state index in [-0.39, 0.29) is 11.5 Å². The Balaban J connectivity index is 2.39. The molecule has 156 valence electrons. The second-order valence-corrected chi connectivity index (χ2v) is 6.72. The van der Waals surface area contributed by atoms with E-state index in [2.05, 4.69) is 6.58 Å². The maximum atomic E-state index is 11.7. The molecule has 2 unspecified atom stereocenters. The first-order valence-corrected chi connectivity index (χ1v) is 9.29. The highest BCUT2D eigenvalue weighted by Gasteiger charge is 2.27. The van der Waals surface area contributed by atoms with Gasteiger partial charge in [-0.25, -0.2) is 0 Å². The lowest BCUT2D eigenvalue weighted by Crippen LogP contribution is -2.26. The van der Waals surface area contributed by atoms with Gasteiger partial charge in [-0.2, -0.15) is 0 Å². The molecule has 0 aliphatic carbocycles. The number of carbonyl (C=O) groups is 1. The number of methoxy groups -OCH3 is 2. The van der Waals surface area contributed by atoms with Crippen LogP contribution >= 0.6 is 0 Å². The predicted molar refractivity (Wildman–Crippen MR) is 111 cm³/mol. The van der Waals surface area contributed by atoms with Crippen molar-refractivity contribution in [3.63, 3.8) is 0 Å². The minimum Gasteiger partial charge on any atom is -0.504 e. The summed E-state index contributed by atoms with van der Waals surface area (Å²) in [5.41, 5.74) is 2.61. The molecule has 1 N–H and O–H groups in total. The van der Waals surface area contributed by atoms with Gasteiger partial charge in [0.1, 0.15) is 6.10 Å². The van der Waals surface area contributed by atoms with Crippen LogP contribution in [0.15, 0.2) is 43.0 Å². The molecule has 2 aromatic rings. The van der Waals surface area contributed by atoms with Gasteiger partial charge >= 0.3 is 5.97 Å². The first-order chi connectivity index (χ1) is 13.8. The summed E-state index contributed by atoms with van der Waals surface area (Å²) in [5, 5.41) is 9.86. The van der Waals surface area contributed by atoms with Gasteiger partial charge in [0.25, 0.3) is 0 Å². The van der Waals surface area contributed by atoms with E-state index in [1.165, 1.54) is 20.1 Å². The summed E-state index contributed by atoms with van der Waals surface area (Å²) in [6.45, 7) is 8.85. The standard InChI is InChI=1S/C23H28O6/c1-7-8-17-11-14(2)22(21(12-17)27-6)28-15(3)23(29-16(4)24)18-9-10-19(25)20(13-18)26-5/h7,9-13,15,23,25H,1,8H2,2-6H3. The molecule has 0 spiro atoms. The van der Waals surface area contributed by atoms with Crippen LogP contribution in [-0.4, -0.2) is 31.4 Å². The van der Waals surface area contributed by atoms with E-state index >= 15 is 0 Å². The zero-order chi connectivity index (χ0) is 21.6. The Morgan fingerprint density at radius 2 is 1.86 bits per heavy atom. The number of aryl methyl sites for hydroxylation is 1. The molecule has 0 aliphatic heterocycles. The molecule has 6 nitrogen and oxygen atoms in total. The number of benzene rings is 2. The fraction of sp³-hybridized carbons (Fsp3) is 0.348. The highest BCUT2D eigenvalue weighted by atomic mass is 16.6. The van der Waals surface area contributed by atoms with E-state index in [1.807, 2.05) is 32.1 Å². The average Bonchev–Trinajstić information content (AvgIpc) is 2.68. The number of phenolic OH excluding ortho intramolecular Hbond substituents is 1. The molecular weight excluding hydrogens is 372 g/mol.